The van der Waals surface area contributed by atoms with Gasteiger partial charge >= 0.3 is 0 Å². The summed E-state index contributed by atoms with van der Waals surface area (Å²) in [5.41, 5.74) is 6.72. The molecule has 21 heavy (non-hydrogen) atoms. The van der Waals surface area contributed by atoms with Crippen LogP contribution in [0.1, 0.15) is 32.6 Å². The van der Waals surface area contributed by atoms with E-state index in [0.29, 0.717) is 43.4 Å². The molecule has 4 N–H and O–H groups in total. The lowest BCUT2D eigenvalue weighted by molar-refractivity contribution is -0.121. The van der Waals surface area contributed by atoms with Crippen LogP contribution in [0.5, 0.6) is 5.75 Å². The highest BCUT2D eigenvalue weighted by Crippen LogP contribution is 2.28. The van der Waals surface area contributed by atoms with Crippen molar-refractivity contribution in [3.63, 3.8) is 0 Å². The third-order valence-corrected chi connectivity index (χ3v) is 3.24. The number of nitrogens with one attached hydrogen (secondary N) is 2. The quantitative estimate of drug-likeness (QED) is 0.508. The number of ether oxygens (including phenoxy) is 1. The zero-order chi connectivity index (χ0) is 15.2. The summed E-state index contributed by atoms with van der Waals surface area (Å²) in [6, 6.07) is 3.19. The van der Waals surface area contributed by atoms with Crippen LogP contribution >= 0.6 is 0 Å². The number of hydrogen-bond donors (Lipinski definition) is 3. The van der Waals surface area contributed by atoms with Crippen LogP contribution in [-0.4, -0.2) is 25.1 Å². The average molecular weight is 295 g/mol. The summed E-state index contributed by atoms with van der Waals surface area (Å²) in [7, 11) is 0. The zero-order valence-corrected chi connectivity index (χ0v) is 12.2. The summed E-state index contributed by atoms with van der Waals surface area (Å²) < 4.78 is 18.7. The van der Waals surface area contributed by atoms with Crippen molar-refractivity contribution < 1.29 is 13.9 Å². The number of halogens is 1. The standard InChI is InChI=1S/C15H22FN3O2/c1-2-21-14-9-13(12(17)8-11(14)16)18-7-3-4-15(20)19-10-5-6-10/h8-10,18H,2-7,17H2,1H3,(H,19,20). The van der Waals surface area contributed by atoms with Gasteiger partial charge in [0.1, 0.15) is 0 Å². The highest BCUT2D eigenvalue weighted by molar-refractivity contribution is 5.76. The van der Waals surface area contributed by atoms with Gasteiger partial charge in [-0.3, -0.25) is 4.79 Å². The van der Waals surface area contributed by atoms with Gasteiger partial charge in [0, 0.05) is 31.1 Å². The van der Waals surface area contributed by atoms with Gasteiger partial charge in [0.15, 0.2) is 11.6 Å². The lowest BCUT2D eigenvalue weighted by atomic mass is 10.2. The van der Waals surface area contributed by atoms with Gasteiger partial charge in [-0.1, -0.05) is 0 Å². The third-order valence-electron chi connectivity index (χ3n) is 3.24. The number of carbonyl (C=O) groups is 1. The molecule has 0 aliphatic heterocycles. The molecule has 1 aromatic rings. The summed E-state index contributed by atoms with van der Waals surface area (Å²) in [6.45, 7) is 2.78. The highest BCUT2D eigenvalue weighted by Gasteiger charge is 2.22. The Morgan fingerprint density at radius 2 is 2.24 bits per heavy atom. The molecule has 116 valence electrons. The maximum Gasteiger partial charge on any atom is 0.220 e. The van der Waals surface area contributed by atoms with Crippen LogP contribution in [0.2, 0.25) is 0 Å². The predicted molar refractivity (Wildman–Crippen MR) is 80.9 cm³/mol. The van der Waals surface area contributed by atoms with Crippen molar-refractivity contribution in [3.05, 3.63) is 17.9 Å². The van der Waals surface area contributed by atoms with Crippen LogP contribution in [-0.2, 0) is 4.79 Å². The normalized spacial score (nSPS) is 13.8. The molecule has 1 aromatic carbocycles. The van der Waals surface area contributed by atoms with Gasteiger partial charge in [-0.25, -0.2) is 4.39 Å². The first-order valence-electron chi connectivity index (χ1n) is 7.35. The second kappa shape index (κ2) is 7.15. The van der Waals surface area contributed by atoms with Gasteiger partial charge in [-0.15, -0.1) is 0 Å². The SMILES string of the molecule is CCOc1cc(NCCCC(=O)NC2CC2)c(N)cc1F. The predicted octanol–water partition coefficient (Wildman–Crippen LogP) is 2.28. The first kappa shape index (κ1) is 15.4. The maximum atomic E-state index is 13.6. The number of anilines is 2. The molecule has 0 radical (unpaired) electrons. The summed E-state index contributed by atoms with van der Waals surface area (Å²) in [6.07, 6.45) is 3.36. The molecule has 1 aliphatic rings. The van der Waals surface area contributed by atoms with E-state index >= 15 is 0 Å². The maximum absolute atomic E-state index is 13.6. The number of amides is 1. The van der Waals surface area contributed by atoms with Crippen molar-refractivity contribution in [1.29, 1.82) is 0 Å². The fourth-order valence-corrected chi connectivity index (χ4v) is 1.99. The van der Waals surface area contributed by atoms with E-state index in [9.17, 15) is 9.18 Å². The van der Waals surface area contributed by atoms with E-state index < -0.39 is 5.82 Å². The van der Waals surface area contributed by atoms with Crippen LogP contribution in [0.3, 0.4) is 0 Å². The molecule has 0 spiro atoms. The molecule has 6 heteroatoms. The number of nitrogens with two attached hydrogens (primary N) is 1. The van der Waals surface area contributed by atoms with E-state index in [0.717, 1.165) is 12.8 Å². The molecule has 0 bridgehead atoms. The van der Waals surface area contributed by atoms with Crippen LogP contribution in [0.15, 0.2) is 12.1 Å². The highest BCUT2D eigenvalue weighted by atomic mass is 19.1. The minimum absolute atomic E-state index is 0.0846. The average Bonchev–Trinajstić information content (AvgIpc) is 3.23. The largest absolute Gasteiger partial charge is 0.491 e. The van der Waals surface area contributed by atoms with Crippen molar-refractivity contribution in [1.82, 2.24) is 5.32 Å². The Balaban J connectivity index is 1.78. The van der Waals surface area contributed by atoms with Crippen molar-refractivity contribution >= 4 is 17.3 Å². The molecule has 0 heterocycles. The van der Waals surface area contributed by atoms with Gasteiger partial charge in [-0.05, 0) is 26.2 Å². The topological polar surface area (TPSA) is 76.4 Å². The fourth-order valence-electron chi connectivity index (χ4n) is 1.99. The van der Waals surface area contributed by atoms with Gasteiger partial charge < -0.3 is 21.1 Å². The summed E-state index contributed by atoms with van der Waals surface area (Å²) in [5, 5.41) is 6.05. The van der Waals surface area contributed by atoms with E-state index in [2.05, 4.69) is 10.6 Å². The molecule has 1 aliphatic carbocycles. The summed E-state index contributed by atoms with van der Waals surface area (Å²) in [4.78, 5) is 11.5. The van der Waals surface area contributed by atoms with Gasteiger partial charge in [0.25, 0.3) is 0 Å². The Morgan fingerprint density at radius 1 is 1.48 bits per heavy atom. The Kier molecular flexibility index (Phi) is 5.25. The molecule has 0 atom stereocenters. The van der Waals surface area contributed by atoms with Crippen LogP contribution in [0, 0.1) is 5.82 Å². The molecule has 0 unspecified atom stereocenters. The van der Waals surface area contributed by atoms with E-state index in [1.54, 1.807) is 13.0 Å². The molecule has 5 nitrogen and oxygen atoms in total. The number of carbonyl (C=O) groups excluding carboxylic acids is 1. The van der Waals surface area contributed by atoms with Gasteiger partial charge in [-0.2, -0.15) is 0 Å². The minimum Gasteiger partial charge on any atom is -0.491 e. The summed E-state index contributed by atoms with van der Waals surface area (Å²) in [5.74, 6) is -0.203. The first-order valence-corrected chi connectivity index (χ1v) is 7.35. The second-order valence-corrected chi connectivity index (χ2v) is 5.18. The summed E-state index contributed by atoms with van der Waals surface area (Å²) >= 11 is 0. The van der Waals surface area contributed by atoms with Crippen molar-refractivity contribution in [2.45, 2.75) is 38.6 Å². The molecule has 0 aromatic heterocycles. The number of benzene rings is 1. The monoisotopic (exact) mass is 295 g/mol. The Hall–Kier alpha value is -1.98. The lowest BCUT2D eigenvalue weighted by Gasteiger charge is -2.12. The Bertz CT molecular complexity index is 504. The Labute approximate surface area is 124 Å². The van der Waals surface area contributed by atoms with E-state index in [4.69, 9.17) is 10.5 Å². The van der Waals surface area contributed by atoms with Crippen molar-refractivity contribution in [2.24, 2.45) is 0 Å². The minimum atomic E-state index is -0.469. The van der Waals surface area contributed by atoms with Gasteiger partial charge in [0.05, 0.1) is 18.0 Å². The molecule has 0 saturated heterocycles. The number of rotatable bonds is 8. The zero-order valence-electron chi connectivity index (χ0n) is 12.2. The van der Waals surface area contributed by atoms with E-state index in [1.165, 1.54) is 6.07 Å². The van der Waals surface area contributed by atoms with Crippen LogP contribution < -0.4 is 21.1 Å². The molecule has 1 saturated carbocycles. The van der Waals surface area contributed by atoms with E-state index in [1.807, 2.05) is 0 Å². The van der Waals surface area contributed by atoms with Crippen LogP contribution in [0.4, 0.5) is 15.8 Å². The third kappa shape index (κ3) is 4.81. The molecule has 1 amide bonds. The molecular formula is C15H22FN3O2. The van der Waals surface area contributed by atoms with Crippen LogP contribution in [0.25, 0.3) is 0 Å². The lowest BCUT2D eigenvalue weighted by Crippen LogP contribution is -2.25. The number of hydrogen-bond acceptors (Lipinski definition) is 4. The van der Waals surface area contributed by atoms with Crippen molar-refractivity contribution in [3.8, 4) is 5.75 Å². The molecule has 2 rings (SSSR count). The molecular weight excluding hydrogens is 273 g/mol. The number of nitrogen functional groups attached to an aromatic ring is 1. The van der Waals surface area contributed by atoms with E-state index in [-0.39, 0.29) is 11.7 Å². The second-order valence-electron chi connectivity index (χ2n) is 5.18. The first-order chi connectivity index (χ1) is 10.1. The van der Waals surface area contributed by atoms with Crippen molar-refractivity contribution in [2.75, 3.05) is 24.2 Å². The fraction of sp³-hybridized carbons (Fsp3) is 0.533. The smallest absolute Gasteiger partial charge is 0.220 e. The molecule has 1 fully saturated rings. The van der Waals surface area contributed by atoms with Gasteiger partial charge in [0.2, 0.25) is 5.91 Å². The Morgan fingerprint density at radius 3 is 2.90 bits per heavy atom.